The molecule has 202 valence electrons. The Morgan fingerprint density at radius 2 is 2.00 bits per heavy atom. The summed E-state index contributed by atoms with van der Waals surface area (Å²) in [6.45, 7) is 10.2. The molecule has 2 unspecified atom stereocenters. The number of aryl methyl sites for hydroxylation is 1. The Labute approximate surface area is 223 Å². The van der Waals surface area contributed by atoms with Gasteiger partial charge in [0.25, 0.3) is 0 Å². The van der Waals surface area contributed by atoms with Crippen molar-refractivity contribution in [2.75, 3.05) is 34.4 Å². The van der Waals surface area contributed by atoms with Gasteiger partial charge in [-0.2, -0.15) is 5.26 Å². The van der Waals surface area contributed by atoms with E-state index in [1.54, 1.807) is 7.11 Å². The van der Waals surface area contributed by atoms with Gasteiger partial charge in [0, 0.05) is 0 Å². The van der Waals surface area contributed by atoms with Crippen molar-refractivity contribution in [3.8, 4) is 11.8 Å². The van der Waals surface area contributed by atoms with E-state index in [0.717, 1.165) is 74.1 Å². The zero-order valence-corrected chi connectivity index (χ0v) is 23.5. The van der Waals surface area contributed by atoms with Crippen molar-refractivity contribution >= 4 is 12.8 Å². The monoisotopic (exact) mass is 508 g/mol. The minimum Gasteiger partial charge on any atom is -0.496 e. The number of nitriles is 1. The lowest BCUT2D eigenvalue weighted by Crippen LogP contribution is -2.29. The van der Waals surface area contributed by atoms with Crippen molar-refractivity contribution in [2.45, 2.75) is 64.7 Å². The lowest BCUT2D eigenvalue weighted by Gasteiger charge is -2.30. The number of esters is 1. The van der Waals surface area contributed by atoms with E-state index in [-0.39, 0.29) is 5.97 Å². The van der Waals surface area contributed by atoms with Gasteiger partial charge in [0.1, 0.15) is 18.0 Å². The van der Waals surface area contributed by atoms with Crippen LogP contribution in [0.2, 0.25) is 0 Å². The SMILES string of the molecule is C=O.CC/C=C(\C)C(C#N)(CCCN(C)CCC1C=CC(C(=O)OC)=CC1)c1ccc(CC)c(OC)c1. The minimum atomic E-state index is -0.655. The third-order valence-corrected chi connectivity index (χ3v) is 7.12. The van der Waals surface area contributed by atoms with E-state index >= 15 is 0 Å². The van der Waals surface area contributed by atoms with Crippen LogP contribution in [0.5, 0.6) is 5.75 Å². The van der Waals surface area contributed by atoms with Gasteiger partial charge in [0.05, 0.1) is 25.9 Å². The van der Waals surface area contributed by atoms with Crippen molar-refractivity contribution in [3.05, 3.63) is 64.8 Å². The summed E-state index contributed by atoms with van der Waals surface area (Å²) >= 11 is 0. The number of carbonyl (C=O) groups is 2. The molecule has 1 aromatic rings. The molecule has 0 radical (unpaired) electrons. The molecule has 0 aromatic heterocycles. The summed E-state index contributed by atoms with van der Waals surface area (Å²) < 4.78 is 10.4. The van der Waals surface area contributed by atoms with E-state index in [2.05, 4.69) is 69.1 Å². The van der Waals surface area contributed by atoms with Crippen LogP contribution in [-0.2, 0) is 26.2 Å². The Bertz CT molecular complexity index is 1000. The number of hydrogen-bond donors (Lipinski definition) is 0. The average molecular weight is 509 g/mol. The van der Waals surface area contributed by atoms with E-state index in [9.17, 15) is 10.1 Å². The molecule has 0 saturated carbocycles. The number of benzene rings is 1. The van der Waals surface area contributed by atoms with Gasteiger partial charge in [0.2, 0.25) is 0 Å². The van der Waals surface area contributed by atoms with Crippen LogP contribution in [0.15, 0.2) is 53.6 Å². The summed E-state index contributed by atoms with van der Waals surface area (Å²) in [5.41, 5.74) is 3.27. The number of methoxy groups -OCH3 is 2. The van der Waals surface area contributed by atoms with Crippen LogP contribution >= 0.6 is 0 Å². The largest absolute Gasteiger partial charge is 0.496 e. The molecule has 0 amide bonds. The van der Waals surface area contributed by atoms with E-state index in [1.807, 2.05) is 18.9 Å². The highest BCUT2D eigenvalue weighted by molar-refractivity contribution is 5.91. The number of allylic oxidation sites excluding steroid dienone is 4. The van der Waals surface area contributed by atoms with Gasteiger partial charge in [-0.3, -0.25) is 0 Å². The van der Waals surface area contributed by atoms with Gasteiger partial charge in [0.15, 0.2) is 0 Å². The van der Waals surface area contributed by atoms with Crippen molar-refractivity contribution in [1.82, 2.24) is 4.90 Å². The fourth-order valence-corrected chi connectivity index (χ4v) is 4.82. The molecule has 2 rings (SSSR count). The van der Waals surface area contributed by atoms with Gasteiger partial charge < -0.3 is 19.2 Å². The second kappa shape index (κ2) is 16.6. The molecule has 1 aliphatic rings. The number of carbonyl (C=O) groups excluding carboxylic acids is 2. The highest BCUT2D eigenvalue weighted by Gasteiger charge is 2.34. The first-order chi connectivity index (χ1) is 17.8. The predicted octanol–water partition coefficient (Wildman–Crippen LogP) is 5.97. The fraction of sp³-hybridized carbons (Fsp3) is 0.516. The molecule has 0 bridgehead atoms. The first-order valence-corrected chi connectivity index (χ1v) is 13.0. The second-order valence-corrected chi connectivity index (χ2v) is 9.39. The van der Waals surface area contributed by atoms with Gasteiger partial charge in [-0.05, 0) is 88.7 Å². The molecule has 0 aliphatic heterocycles. The van der Waals surface area contributed by atoms with E-state index in [1.165, 1.54) is 7.11 Å². The van der Waals surface area contributed by atoms with E-state index < -0.39 is 5.41 Å². The Balaban J connectivity index is 0.00000334. The molecule has 1 aromatic carbocycles. The van der Waals surface area contributed by atoms with Crippen molar-refractivity contribution in [3.63, 3.8) is 0 Å². The van der Waals surface area contributed by atoms with E-state index in [4.69, 9.17) is 14.3 Å². The Hall–Kier alpha value is -3.17. The Morgan fingerprint density at radius 3 is 2.54 bits per heavy atom. The maximum Gasteiger partial charge on any atom is 0.337 e. The molecule has 2 atom stereocenters. The van der Waals surface area contributed by atoms with Crippen LogP contribution in [0.1, 0.15) is 64.0 Å². The molecule has 0 heterocycles. The Morgan fingerprint density at radius 1 is 1.27 bits per heavy atom. The van der Waals surface area contributed by atoms with Crippen LogP contribution in [-0.4, -0.2) is 52.0 Å². The third kappa shape index (κ3) is 8.72. The summed E-state index contributed by atoms with van der Waals surface area (Å²) in [4.78, 5) is 22.0. The number of nitrogens with zero attached hydrogens (tertiary/aromatic N) is 2. The first-order valence-electron chi connectivity index (χ1n) is 13.0. The normalized spacial score (nSPS) is 16.6. The standard InChI is InChI=1S/C30H42N2O3.CH2O/c1-7-10-23(3)30(22-31,27-16-15-25(8-2)28(21-27)34-5)18-9-19-32(4)20-17-24-11-13-26(14-12-24)29(33)35-6;1-2/h10-11,13-16,21,24H,7-9,12,17-20H2,1-6H3;1H2/b23-10+;. The summed E-state index contributed by atoms with van der Waals surface area (Å²) in [7, 11) is 5.25. The lowest BCUT2D eigenvalue weighted by atomic mass is 9.72. The van der Waals surface area contributed by atoms with Crippen LogP contribution in [0, 0.1) is 17.2 Å². The van der Waals surface area contributed by atoms with Gasteiger partial charge >= 0.3 is 5.97 Å². The first kappa shape index (κ1) is 31.9. The average Bonchev–Trinajstić information content (AvgIpc) is 2.95. The molecule has 0 saturated heterocycles. The van der Waals surface area contributed by atoms with Crippen molar-refractivity contribution in [1.29, 1.82) is 5.26 Å². The van der Waals surface area contributed by atoms with Crippen LogP contribution in [0.25, 0.3) is 0 Å². The van der Waals surface area contributed by atoms with Crippen LogP contribution in [0.4, 0.5) is 0 Å². The molecule has 1 aliphatic carbocycles. The maximum absolute atomic E-state index is 11.6. The van der Waals surface area contributed by atoms with Crippen LogP contribution < -0.4 is 4.74 Å². The molecular weight excluding hydrogens is 464 g/mol. The van der Waals surface area contributed by atoms with Crippen molar-refractivity contribution in [2.24, 2.45) is 5.92 Å². The highest BCUT2D eigenvalue weighted by Crippen LogP contribution is 2.39. The fourth-order valence-electron chi connectivity index (χ4n) is 4.82. The summed E-state index contributed by atoms with van der Waals surface area (Å²) in [6, 6.07) is 8.95. The molecule has 0 fully saturated rings. The minimum absolute atomic E-state index is 0.271. The topological polar surface area (TPSA) is 79.6 Å². The lowest BCUT2D eigenvalue weighted by molar-refractivity contribution is -0.135. The molecule has 37 heavy (non-hydrogen) atoms. The Kier molecular flexibility index (Phi) is 14.3. The quantitative estimate of drug-likeness (QED) is 0.241. The summed E-state index contributed by atoms with van der Waals surface area (Å²) in [5, 5.41) is 10.4. The molecule has 6 nitrogen and oxygen atoms in total. The van der Waals surface area contributed by atoms with E-state index in [0.29, 0.717) is 11.5 Å². The zero-order valence-electron chi connectivity index (χ0n) is 23.5. The van der Waals surface area contributed by atoms with Gasteiger partial charge in [-0.25, -0.2) is 4.79 Å². The summed E-state index contributed by atoms with van der Waals surface area (Å²) in [6.07, 6.45) is 13.5. The number of hydrogen-bond acceptors (Lipinski definition) is 6. The number of rotatable bonds is 13. The molecule has 0 spiro atoms. The number of ether oxygens (including phenoxy) is 2. The summed E-state index contributed by atoms with van der Waals surface area (Å²) in [5.74, 6) is 1.02. The molecule has 6 heteroatoms. The van der Waals surface area contributed by atoms with Gasteiger partial charge in [-0.1, -0.05) is 55.9 Å². The second-order valence-electron chi connectivity index (χ2n) is 9.39. The maximum atomic E-state index is 11.6. The van der Waals surface area contributed by atoms with Crippen molar-refractivity contribution < 1.29 is 19.1 Å². The molecule has 0 N–H and O–H groups in total. The smallest absolute Gasteiger partial charge is 0.337 e. The van der Waals surface area contributed by atoms with Gasteiger partial charge in [-0.15, -0.1) is 0 Å². The third-order valence-electron chi connectivity index (χ3n) is 7.12. The molecular formula is C31H44N2O4. The predicted molar refractivity (Wildman–Crippen MR) is 150 cm³/mol. The highest BCUT2D eigenvalue weighted by atomic mass is 16.5. The zero-order chi connectivity index (χ0) is 27.8. The van der Waals surface area contributed by atoms with Crippen LogP contribution in [0.3, 0.4) is 0 Å².